The van der Waals surface area contributed by atoms with Crippen LogP contribution in [-0.4, -0.2) is 40.9 Å². The van der Waals surface area contributed by atoms with Gasteiger partial charge in [0, 0.05) is 22.6 Å². The highest BCUT2D eigenvalue weighted by molar-refractivity contribution is 6.30. The van der Waals surface area contributed by atoms with Gasteiger partial charge in [0.25, 0.3) is 11.8 Å². The van der Waals surface area contributed by atoms with E-state index >= 15 is 4.79 Å². The van der Waals surface area contributed by atoms with Gasteiger partial charge in [0.2, 0.25) is 11.8 Å². The maximum atomic E-state index is 15.3. The van der Waals surface area contributed by atoms with Crippen LogP contribution in [0.1, 0.15) is 35.4 Å². The van der Waals surface area contributed by atoms with E-state index in [4.69, 9.17) is 16.3 Å². The maximum absolute atomic E-state index is 15.3. The third-order valence-corrected chi connectivity index (χ3v) is 11.4. The first-order valence-corrected chi connectivity index (χ1v) is 17.3. The molecule has 3 fully saturated rings. The first-order chi connectivity index (χ1) is 25.1. The number of phenolic OH excluding ortho intramolecular Hbond substituents is 1. The van der Waals surface area contributed by atoms with Gasteiger partial charge in [0.1, 0.15) is 17.3 Å². The summed E-state index contributed by atoms with van der Waals surface area (Å²) in [7, 11) is 1.45. The van der Waals surface area contributed by atoms with Crippen molar-refractivity contribution < 1.29 is 33.4 Å². The van der Waals surface area contributed by atoms with Crippen LogP contribution in [0.4, 0.5) is 15.8 Å². The zero-order chi connectivity index (χ0) is 36.5. The number of rotatable bonds is 7. The molecule has 2 saturated heterocycles. The van der Waals surface area contributed by atoms with Crippen molar-refractivity contribution in [3.05, 3.63) is 137 Å². The largest absolute Gasteiger partial charge is 0.508 e. The van der Waals surface area contributed by atoms with Crippen molar-refractivity contribution in [2.24, 2.45) is 23.7 Å². The number of halogens is 2. The Labute approximate surface area is 303 Å². The highest BCUT2D eigenvalue weighted by atomic mass is 35.5. The third-order valence-electron chi connectivity index (χ3n) is 11.2. The molecular formula is C41H33ClFN3O6. The van der Waals surface area contributed by atoms with Crippen molar-refractivity contribution in [3.8, 4) is 11.5 Å². The summed E-state index contributed by atoms with van der Waals surface area (Å²) in [5, 5.41) is 11.9. The van der Waals surface area contributed by atoms with Gasteiger partial charge in [-0.15, -0.1) is 0 Å². The number of nitrogens with zero attached hydrogens (tertiary/aromatic N) is 2. The normalized spacial score (nSPS) is 26.4. The number of allylic oxidation sites excluding steroid dienone is 2. The van der Waals surface area contributed by atoms with Crippen molar-refractivity contribution in [3.63, 3.8) is 0 Å². The molecule has 2 aliphatic heterocycles. The molecule has 4 aromatic carbocycles. The Morgan fingerprint density at radius 2 is 1.63 bits per heavy atom. The van der Waals surface area contributed by atoms with Gasteiger partial charge < -0.3 is 9.84 Å². The summed E-state index contributed by atoms with van der Waals surface area (Å²) in [5.74, 6) is -6.05. The second kappa shape index (κ2) is 12.5. The third kappa shape index (κ3) is 4.88. The van der Waals surface area contributed by atoms with Crippen LogP contribution in [0.3, 0.4) is 0 Å². The van der Waals surface area contributed by atoms with E-state index in [0.29, 0.717) is 27.5 Å². The fraction of sp³-hybridized carbons (Fsp3) is 0.220. The average molecular weight is 718 g/mol. The molecule has 11 heteroatoms. The lowest BCUT2D eigenvalue weighted by molar-refractivity contribution is -0.138. The summed E-state index contributed by atoms with van der Waals surface area (Å²) < 4.78 is 19.7. The summed E-state index contributed by atoms with van der Waals surface area (Å²) in [5.41, 5.74) is 4.72. The Hall–Kier alpha value is -5.74. The number of amides is 4. The van der Waals surface area contributed by atoms with Gasteiger partial charge in [-0.3, -0.25) is 29.5 Å². The number of hydrazine groups is 1. The molecule has 4 aliphatic rings. The van der Waals surface area contributed by atoms with Gasteiger partial charge in [0.15, 0.2) is 0 Å². The molecule has 2 N–H and O–H groups in total. The molecule has 9 nitrogen and oxygen atoms in total. The molecule has 8 rings (SSSR count). The number of ether oxygens (including phenoxy) is 1. The number of hydrogen-bond donors (Lipinski definition) is 2. The van der Waals surface area contributed by atoms with Crippen molar-refractivity contribution in [1.29, 1.82) is 0 Å². The van der Waals surface area contributed by atoms with Crippen LogP contribution in [-0.2, 0) is 24.6 Å². The summed E-state index contributed by atoms with van der Waals surface area (Å²) >= 11 is 6.36. The predicted molar refractivity (Wildman–Crippen MR) is 193 cm³/mol. The molecule has 262 valence electrons. The molecule has 1 saturated carbocycles. The Kier molecular flexibility index (Phi) is 8.02. The standard InChI is InChI=1S/C41H33ClFN3O6/c1-3-22-4-14-27(15-5-22)45-37(48)31-19-18-29-32(35(31)39(45)50)21-33-38(49)46(44-26-12-10-25(43)11-13-26)40(51)41(33,23-6-8-24(42)9-7-23)36(29)30-17-16-28(47)20-34(30)52-2/h3-18,20,31-33,35-36,44,47H,1,19,21H2,2H3/t31-,32+,33-,35-,36+,41+/m0/s1. The van der Waals surface area contributed by atoms with Crippen molar-refractivity contribution in [1.82, 2.24) is 5.01 Å². The van der Waals surface area contributed by atoms with Crippen LogP contribution in [0.15, 0.2) is 109 Å². The lowest BCUT2D eigenvalue weighted by Gasteiger charge is -2.50. The van der Waals surface area contributed by atoms with Crippen LogP contribution in [0.25, 0.3) is 6.08 Å². The molecule has 0 radical (unpaired) electrons. The monoisotopic (exact) mass is 717 g/mol. The molecule has 0 spiro atoms. The zero-order valence-corrected chi connectivity index (χ0v) is 28.7. The summed E-state index contributed by atoms with van der Waals surface area (Å²) in [4.78, 5) is 59.8. The number of imide groups is 2. The predicted octanol–water partition coefficient (Wildman–Crippen LogP) is 7.03. The van der Waals surface area contributed by atoms with Crippen LogP contribution >= 0.6 is 11.6 Å². The van der Waals surface area contributed by atoms with Crippen molar-refractivity contribution in [2.45, 2.75) is 24.2 Å². The van der Waals surface area contributed by atoms with Crippen LogP contribution in [0.5, 0.6) is 11.5 Å². The Morgan fingerprint density at radius 1 is 0.923 bits per heavy atom. The molecule has 0 unspecified atom stereocenters. The number of benzene rings is 4. The fourth-order valence-corrected chi connectivity index (χ4v) is 9.08. The highest BCUT2D eigenvalue weighted by Crippen LogP contribution is 2.65. The van der Waals surface area contributed by atoms with E-state index in [0.717, 1.165) is 16.1 Å². The van der Waals surface area contributed by atoms with Gasteiger partial charge in [-0.2, -0.15) is 5.01 Å². The van der Waals surface area contributed by atoms with Crippen LogP contribution in [0, 0.1) is 29.5 Å². The SMILES string of the molecule is C=Cc1ccc(N2C(=O)[C@H]3[C@H](CC=C4[C@H]3C[C@H]3C(=O)N(Nc5ccc(F)cc5)C(=O)[C@@]3(c3ccc(Cl)cc3)[C@H]4c3ccc(O)cc3OC)C2=O)cc1. The van der Waals surface area contributed by atoms with Gasteiger partial charge in [-0.1, -0.05) is 66.2 Å². The molecule has 4 amide bonds. The lowest BCUT2D eigenvalue weighted by atomic mass is 9.49. The maximum Gasteiger partial charge on any atom is 0.260 e. The average Bonchev–Trinajstić information content (AvgIpc) is 3.53. The minimum absolute atomic E-state index is 0.0640. The Morgan fingerprint density at radius 3 is 2.31 bits per heavy atom. The number of carbonyl (C=O) groups excluding carboxylic acids is 4. The van der Waals surface area contributed by atoms with Gasteiger partial charge >= 0.3 is 0 Å². The van der Waals surface area contributed by atoms with Gasteiger partial charge in [-0.05, 0) is 84.5 Å². The summed E-state index contributed by atoms with van der Waals surface area (Å²) in [6, 6.07) is 23.7. The second-order valence-corrected chi connectivity index (χ2v) is 14.0. The molecular weight excluding hydrogens is 685 g/mol. The number of hydrogen-bond acceptors (Lipinski definition) is 7. The van der Waals surface area contributed by atoms with E-state index in [1.807, 2.05) is 6.08 Å². The second-order valence-electron chi connectivity index (χ2n) is 13.6. The zero-order valence-electron chi connectivity index (χ0n) is 28.0. The number of methoxy groups -OCH3 is 1. The number of nitrogens with one attached hydrogen (secondary N) is 1. The first-order valence-electron chi connectivity index (χ1n) is 16.9. The number of fused-ring (bicyclic) bond motifs is 4. The van der Waals surface area contributed by atoms with E-state index in [1.54, 1.807) is 60.7 Å². The fourth-order valence-electron chi connectivity index (χ4n) is 8.95. The minimum Gasteiger partial charge on any atom is -0.508 e. The highest BCUT2D eigenvalue weighted by Gasteiger charge is 2.70. The van der Waals surface area contributed by atoms with E-state index in [9.17, 15) is 23.9 Å². The lowest BCUT2D eigenvalue weighted by Crippen LogP contribution is -2.53. The Bertz CT molecular complexity index is 2190. The van der Waals surface area contributed by atoms with E-state index in [1.165, 1.54) is 48.4 Å². The van der Waals surface area contributed by atoms with Crippen molar-refractivity contribution >= 4 is 52.7 Å². The quantitative estimate of drug-likeness (QED) is 0.156. The number of phenols is 1. The molecule has 2 heterocycles. The Balaban J connectivity index is 1.33. The van der Waals surface area contributed by atoms with Crippen LogP contribution < -0.4 is 15.1 Å². The first kappa shape index (κ1) is 33.4. The van der Waals surface area contributed by atoms with Crippen LogP contribution in [0.2, 0.25) is 5.02 Å². The van der Waals surface area contributed by atoms with E-state index < -0.39 is 52.6 Å². The molecule has 6 atom stereocenters. The van der Waals surface area contributed by atoms with Crippen molar-refractivity contribution in [2.75, 3.05) is 17.4 Å². The molecule has 0 bridgehead atoms. The number of anilines is 2. The summed E-state index contributed by atoms with van der Waals surface area (Å²) in [6.07, 6.45) is 3.94. The van der Waals surface area contributed by atoms with Gasteiger partial charge in [0.05, 0.1) is 41.7 Å². The smallest absolute Gasteiger partial charge is 0.260 e. The minimum atomic E-state index is -1.58. The number of aromatic hydroxyl groups is 1. The summed E-state index contributed by atoms with van der Waals surface area (Å²) in [6.45, 7) is 3.78. The topological polar surface area (TPSA) is 116 Å². The van der Waals surface area contributed by atoms with E-state index in [2.05, 4.69) is 12.0 Å². The number of carbonyl (C=O) groups is 4. The molecule has 52 heavy (non-hydrogen) atoms. The molecule has 4 aromatic rings. The molecule has 0 aromatic heterocycles. The van der Waals surface area contributed by atoms with E-state index in [-0.39, 0.29) is 36.2 Å². The van der Waals surface area contributed by atoms with Gasteiger partial charge in [-0.25, -0.2) is 4.39 Å². The molecule has 2 aliphatic carbocycles.